The standard InChI is InChI=1S/C11H17N3O3/c1-8(9(15)14-6-5-12-7-14)13-10(16)17-11(2,3)4/h5-8H,1-4H3,(H,13,16)/t8-/m0/s1. The molecule has 0 saturated carbocycles. The molecule has 1 aromatic heterocycles. The Morgan fingerprint density at radius 2 is 2.06 bits per heavy atom. The van der Waals surface area contributed by atoms with Gasteiger partial charge in [0.2, 0.25) is 0 Å². The average molecular weight is 239 g/mol. The van der Waals surface area contributed by atoms with Gasteiger partial charge in [-0.25, -0.2) is 9.78 Å². The van der Waals surface area contributed by atoms with Crippen LogP contribution < -0.4 is 5.32 Å². The van der Waals surface area contributed by atoms with Gasteiger partial charge in [-0.1, -0.05) is 0 Å². The molecule has 0 fully saturated rings. The molecule has 1 atom stereocenters. The summed E-state index contributed by atoms with van der Waals surface area (Å²) < 4.78 is 6.36. The minimum Gasteiger partial charge on any atom is -0.444 e. The maximum atomic E-state index is 11.8. The van der Waals surface area contributed by atoms with Crippen molar-refractivity contribution in [1.29, 1.82) is 0 Å². The van der Waals surface area contributed by atoms with E-state index in [2.05, 4.69) is 10.3 Å². The number of hydrogen-bond donors (Lipinski definition) is 1. The molecule has 1 amide bonds. The van der Waals surface area contributed by atoms with E-state index in [4.69, 9.17) is 4.74 Å². The van der Waals surface area contributed by atoms with Crippen molar-refractivity contribution in [3.05, 3.63) is 18.7 Å². The van der Waals surface area contributed by atoms with Gasteiger partial charge in [0.05, 0.1) is 0 Å². The van der Waals surface area contributed by atoms with Gasteiger partial charge in [-0.05, 0) is 27.7 Å². The second-order valence-corrected chi connectivity index (χ2v) is 4.68. The molecule has 1 heterocycles. The number of imidazole rings is 1. The Hall–Kier alpha value is -1.85. The highest BCUT2D eigenvalue weighted by Gasteiger charge is 2.21. The summed E-state index contributed by atoms with van der Waals surface area (Å²) in [5.41, 5.74) is -0.581. The fourth-order valence-corrected chi connectivity index (χ4v) is 1.16. The molecule has 94 valence electrons. The number of nitrogens with one attached hydrogen (secondary N) is 1. The summed E-state index contributed by atoms with van der Waals surface area (Å²) in [5, 5.41) is 2.47. The maximum Gasteiger partial charge on any atom is 0.408 e. The first kappa shape index (κ1) is 13.2. The molecule has 0 aliphatic rings. The third-order valence-electron chi connectivity index (χ3n) is 1.86. The van der Waals surface area contributed by atoms with Gasteiger partial charge in [0.1, 0.15) is 18.0 Å². The van der Waals surface area contributed by atoms with Crippen LogP contribution in [0.1, 0.15) is 32.5 Å². The highest BCUT2D eigenvalue weighted by Crippen LogP contribution is 2.06. The molecule has 0 aliphatic carbocycles. The molecule has 1 rings (SSSR count). The Labute approximate surface area is 100.0 Å². The van der Waals surface area contributed by atoms with E-state index < -0.39 is 17.7 Å². The summed E-state index contributed by atoms with van der Waals surface area (Å²) in [6, 6.07) is -0.668. The van der Waals surface area contributed by atoms with Crippen LogP contribution in [0.2, 0.25) is 0 Å². The molecule has 17 heavy (non-hydrogen) atoms. The normalized spacial score (nSPS) is 12.9. The zero-order valence-electron chi connectivity index (χ0n) is 10.4. The summed E-state index contributed by atoms with van der Waals surface area (Å²) in [5.74, 6) is -0.270. The molecule has 0 aromatic carbocycles. The molecule has 6 nitrogen and oxygen atoms in total. The molecular weight excluding hydrogens is 222 g/mol. The predicted octanol–water partition coefficient (Wildman–Crippen LogP) is 1.44. The third-order valence-corrected chi connectivity index (χ3v) is 1.86. The smallest absolute Gasteiger partial charge is 0.408 e. The first-order valence-electron chi connectivity index (χ1n) is 5.31. The lowest BCUT2D eigenvalue weighted by Crippen LogP contribution is -2.43. The van der Waals surface area contributed by atoms with E-state index in [1.165, 1.54) is 23.3 Å². The largest absolute Gasteiger partial charge is 0.444 e. The van der Waals surface area contributed by atoms with Crippen molar-refractivity contribution >= 4 is 12.0 Å². The zero-order valence-corrected chi connectivity index (χ0v) is 10.4. The Bertz CT molecular complexity index is 393. The molecular formula is C11H17N3O3. The van der Waals surface area contributed by atoms with E-state index >= 15 is 0 Å². The number of carbonyl (C=O) groups is 2. The second kappa shape index (κ2) is 4.99. The Kier molecular flexibility index (Phi) is 3.88. The molecule has 0 spiro atoms. The Morgan fingerprint density at radius 1 is 1.41 bits per heavy atom. The van der Waals surface area contributed by atoms with E-state index in [0.29, 0.717) is 0 Å². The third kappa shape index (κ3) is 4.26. The Balaban J connectivity index is 2.52. The lowest BCUT2D eigenvalue weighted by molar-refractivity contribution is 0.0488. The lowest BCUT2D eigenvalue weighted by Gasteiger charge is -2.21. The van der Waals surface area contributed by atoms with E-state index in [1.54, 1.807) is 27.7 Å². The van der Waals surface area contributed by atoms with Gasteiger partial charge >= 0.3 is 6.09 Å². The number of nitrogens with zero attached hydrogens (tertiary/aromatic N) is 2. The van der Waals surface area contributed by atoms with Crippen LogP contribution in [0.3, 0.4) is 0 Å². The number of alkyl carbamates (subject to hydrolysis) is 1. The van der Waals surface area contributed by atoms with E-state index in [1.807, 2.05) is 0 Å². The van der Waals surface area contributed by atoms with Gasteiger partial charge in [-0.2, -0.15) is 0 Å². The fourth-order valence-electron chi connectivity index (χ4n) is 1.16. The average Bonchev–Trinajstić information content (AvgIpc) is 2.65. The van der Waals surface area contributed by atoms with Crippen LogP contribution in [-0.2, 0) is 4.74 Å². The van der Waals surface area contributed by atoms with Gasteiger partial charge in [-0.15, -0.1) is 0 Å². The van der Waals surface area contributed by atoms with Crippen molar-refractivity contribution in [3.63, 3.8) is 0 Å². The monoisotopic (exact) mass is 239 g/mol. The molecule has 0 unspecified atom stereocenters. The number of ether oxygens (including phenoxy) is 1. The summed E-state index contributed by atoms with van der Waals surface area (Å²) in [6.07, 6.45) is 3.79. The van der Waals surface area contributed by atoms with Gasteiger partial charge in [0, 0.05) is 12.4 Å². The van der Waals surface area contributed by atoms with Gasteiger partial charge in [0.25, 0.3) is 5.91 Å². The lowest BCUT2D eigenvalue weighted by atomic mass is 10.2. The Morgan fingerprint density at radius 3 is 2.53 bits per heavy atom. The molecule has 6 heteroatoms. The zero-order chi connectivity index (χ0) is 13.1. The predicted molar refractivity (Wildman–Crippen MR) is 61.7 cm³/mol. The summed E-state index contributed by atoms with van der Waals surface area (Å²) in [7, 11) is 0. The fraction of sp³-hybridized carbons (Fsp3) is 0.545. The van der Waals surface area contributed by atoms with Gasteiger partial charge in [-0.3, -0.25) is 9.36 Å². The van der Waals surface area contributed by atoms with E-state index in [0.717, 1.165) is 0 Å². The number of aromatic nitrogens is 2. The van der Waals surface area contributed by atoms with Gasteiger partial charge in [0.15, 0.2) is 0 Å². The van der Waals surface area contributed by atoms with Crippen LogP contribution in [0.15, 0.2) is 18.7 Å². The van der Waals surface area contributed by atoms with Crippen molar-refractivity contribution in [1.82, 2.24) is 14.9 Å². The van der Waals surface area contributed by atoms with Crippen LogP contribution in [0.5, 0.6) is 0 Å². The molecule has 0 radical (unpaired) electrons. The number of carbonyl (C=O) groups excluding carboxylic acids is 2. The molecule has 1 N–H and O–H groups in total. The van der Waals surface area contributed by atoms with Gasteiger partial charge < -0.3 is 10.1 Å². The van der Waals surface area contributed by atoms with Crippen LogP contribution in [0.4, 0.5) is 4.79 Å². The quantitative estimate of drug-likeness (QED) is 0.847. The second-order valence-electron chi connectivity index (χ2n) is 4.68. The van der Waals surface area contributed by atoms with Crippen molar-refractivity contribution in [2.45, 2.75) is 39.3 Å². The highest BCUT2D eigenvalue weighted by molar-refractivity contribution is 5.87. The number of rotatable bonds is 2. The number of amides is 1. The van der Waals surface area contributed by atoms with Crippen molar-refractivity contribution in [2.24, 2.45) is 0 Å². The van der Waals surface area contributed by atoms with Crippen LogP contribution in [0, 0.1) is 0 Å². The van der Waals surface area contributed by atoms with Crippen LogP contribution >= 0.6 is 0 Å². The van der Waals surface area contributed by atoms with Crippen LogP contribution in [-0.4, -0.2) is 33.2 Å². The number of hydrogen-bond acceptors (Lipinski definition) is 4. The van der Waals surface area contributed by atoms with Crippen molar-refractivity contribution in [2.75, 3.05) is 0 Å². The van der Waals surface area contributed by atoms with Crippen LogP contribution in [0.25, 0.3) is 0 Å². The first-order chi connectivity index (χ1) is 7.79. The molecule has 0 saturated heterocycles. The molecule has 0 bridgehead atoms. The van der Waals surface area contributed by atoms with Crippen molar-refractivity contribution in [3.8, 4) is 0 Å². The summed E-state index contributed by atoms with van der Waals surface area (Å²) >= 11 is 0. The maximum absolute atomic E-state index is 11.8. The molecule has 1 aromatic rings. The van der Waals surface area contributed by atoms with E-state index in [9.17, 15) is 9.59 Å². The highest BCUT2D eigenvalue weighted by atomic mass is 16.6. The SMILES string of the molecule is C[C@H](NC(=O)OC(C)(C)C)C(=O)n1ccnc1. The van der Waals surface area contributed by atoms with Crippen molar-refractivity contribution < 1.29 is 14.3 Å². The van der Waals surface area contributed by atoms with E-state index in [-0.39, 0.29) is 5.91 Å². The molecule has 0 aliphatic heterocycles. The summed E-state index contributed by atoms with van der Waals surface area (Å²) in [4.78, 5) is 27.0. The minimum absolute atomic E-state index is 0.270. The topological polar surface area (TPSA) is 73.2 Å². The minimum atomic E-state index is -0.668. The first-order valence-corrected chi connectivity index (χ1v) is 5.31. The summed E-state index contributed by atoms with van der Waals surface area (Å²) in [6.45, 7) is 6.87.